The third kappa shape index (κ3) is 6.04. The fraction of sp³-hybridized carbons (Fsp3) is 0.250. The van der Waals surface area contributed by atoms with Crippen molar-refractivity contribution < 1.29 is 19.4 Å². The number of nitrogens with one attached hydrogen (secondary N) is 2. The summed E-state index contributed by atoms with van der Waals surface area (Å²) in [5.41, 5.74) is 2.95. The van der Waals surface area contributed by atoms with Gasteiger partial charge in [-0.25, -0.2) is 15.0 Å². The molecule has 0 unspecified atom stereocenters. The van der Waals surface area contributed by atoms with Crippen LogP contribution >= 0.6 is 22.9 Å². The van der Waals surface area contributed by atoms with Crippen LogP contribution in [-0.4, -0.2) is 50.6 Å². The van der Waals surface area contributed by atoms with Gasteiger partial charge in [0.25, 0.3) is 5.91 Å². The number of amides is 1. The average Bonchev–Trinajstić information content (AvgIpc) is 3.25. The lowest BCUT2D eigenvalue weighted by molar-refractivity contribution is -0.137. The molecule has 4 aromatic rings. The van der Waals surface area contributed by atoms with Crippen LogP contribution in [0.3, 0.4) is 0 Å². The Hall–Kier alpha value is -3.83. The number of halogens is 1. The number of hydrogen-bond acceptors (Lipinski definition) is 9. The second-order valence-electron chi connectivity index (χ2n) is 7.87. The largest absolute Gasteiger partial charge is 0.494 e. The molecule has 0 bridgehead atoms. The van der Waals surface area contributed by atoms with Crippen LogP contribution in [0, 0.1) is 6.92 Å². The maximum Gasteiger partial charge on any atom is 0.303 e. The number of hydrogen-bond donors (Lipinski definition) is 3. The number of aliphatic carboxylic acids is 1. The first kappa shape index (κ1) is 25.3. The molecule has 0 aliphatic heterocycles. The minimum atomic E-state index is -0.800. The van der Waals surface area contributed by atoms with Crippen LogP contribution < -0.4 is 15.4 Å². The van der Waals surface area contributed by atoms with E-state index in [9.17, 15) is 9.59 Å². The minimum Gasteiger partial charge on any atom is -0.494 e. The molecule has 3 N–H and O–H groups in total. The van der Waals surface area contributed by atoms with Gasteiger partial charge in [0.15, 0.2) is 5.13 Å². The number of fused-ring (bicyclic) bond motifs is 1. The van der Waals surface area contributed by atoms with Crippen LogP contribution in [0.15, 0.2) is 36.8 Å². The molecule has 10 nitrogen and oxygen atoms in total. The van der Waals surface area contributed by atoms with Crippen molar-refractivity contribution in [2.75, 3.05) is 24.3 Å². The summed E-state index contributed by atoms with van der Waals surface area (Å²) < 4.78 is 6.27. The monoisotopic (exact) mass is 526 g/mol. The lowest BCUT2D eigenvalue weighted by Gasteiger charge is -2.13. The predicted octanol–water partition coefficient (Wildman–Crippen LogP) is 5.04. The molecule has 0 atom stereocenters. The van der Waals surface area contributed by atoms with E-state index in [1.807, 2.05) is 13.0 Å². The van der Waals surface area contributed by atoms with Crippen LogP contribution in [0.1, 0.15) is 35.3 Å². The van der Waals surface area contributed by atoms with E-state index in [0.29, 0.717) is 51.9 Å². The van der Waals surface area contributed by atoms with E-state index in [4.69, 9.17) is 21.4 Å². The lowest BCUT2D eigenvalue weighted by Crippen LogP contribution is -2.14. The van der Waals surface area contributed by atoms with Crippen LogP contribution in [0.2, 0.25) is 5.15 Å². The number of anilines is 2. The summed E-state index contributed by atoms with van der Waals surface area (Å²) in [4.78, 5) is 41.0. The molecule has 1 amide bonds. The highest BCUT2D eigenvalue weighted by Gasteiger charge is 2.19. The van der Waals surface area contributed by atoms with Crippen LogP contribution in [0.25, 0.3) is 21.3 Å². The van der Waals surface area contributed by atoms with Gasteiger partial charge < -0.3 is 15.2 Å². The van der Waals surface area contributed by atoms with E-state index >= 15 is 0 Å². The summed E-state index contributed by atoms with van der Waals surface area (Å²) in [5.74, 6) is -0.0403. The van der Waals surface area contributed by atoms with Gasteiger partial charge in [0.2, 0.25) is 0 Å². The van der Waals surface area contributed by atoms with E-state index in [1.54, 1.807) is 18.3 Å². The number of ether oxygens (including phenoxy) is 1. The van der Waals surface area contributed by atoms with Crippen molar-refractivity contribution in [3.63, 3.8) is 0 Å². The number of carboxylic acids is 1. The van der Waals surface area contributed by atoms with Crippen molar-refractivity contribution in [1.29, 1.82) is 0 Å². The van der Waals surface area contributed by atoms with E-state index in [0.717, 1.165) is 16.8 Å². The molecule has 12 heteroatoms. The Morgan fingerprint density at radius 2 is 1.92 bits per heavy atom. The average molecular weight is 527 g/mol. The van der Waals surface area contributed by atoms with Crippen LogP contribution in [0.4, 0.5) is 10.9 Å². The quantitative estimate of drug-likeness (QED) is 0.191. The molecule has 0 aliphatic rings. The van der Waals surface area contributed by atoms with Gasteiger partial charge in [-0.2, -0.15) is 0 Å². The van der Waals surface area contributed by atoms with Gasteiger partial charge in [0, 0.05) is 42.0 Å². The molecular weight excluding hydrogens is 504 g/mol. The Bertz CT molecular complexity index is 1430. The number of nitrogens with zero attached hydrogens (tertiary/aromatic N) is 4. The first-order valence-corrected chi connectivity index (χ1v) is 12.2. The van der Waals surface area contributed by atoms with Crippen molar-refractivity contribution in [3.05, 3.63) is 53.2 Å². The topological polar surface area (TPSA) is 139 Å². The fourth-order valence-corrected chi connectivity index (χ4v) is 4.55. The standard InChI is InChI=1S/C24H23ClN6O4S/c1-13-7-14(15-8-20(25)28-12-18(15)35-2)16(10-27-13)23(34)31-24-30-17-11-29-21(9-19(17)36-24)26-6-4-3-5-22(32)33/h7-12H,3-6H2,1-2H3,(H,26,29)(H,32,33)(H,30,31,34). The maximum absolute atomic E-state index is 13.3. The molecule has 36 heavy (non-hydrogen) atoms. The second-order valence-corrected chi connectivity index (χ2v) is 9.28. The molecule has 0 radical (unpaired) electrons. The number of aryl methyl sites for hydroxylation is 1. The molecule has 4 rings (SSSR count). The molecule has 0 aliphatic carbocycles. The SMILES string of the molecule is COc1cnc(Cl)cc1-c1cc(C)ncc1C(=O)Nc1nc2cnc(NCCCCC(=O)O)cc2s1. The van der Waals surface area contributed by atoms with Gasteiger partial charge in [0.1, 0.15) is 22.2 Å². The Labute approximate surface area is 215 Å². The summed E-state index contributed by atoms with van der Waals surface area (Å²) in [6.07, 6.45) is 6.10. The van der Waals surface area contributed by atoms with Crippen molar-refractivity contribution in [3.8, 4) is 16.9 Å². The zero-order chi connectivity index (χ0) is 25.7. The zero-order valence-corrected chi connectivity index (χ0v) is 21.1. The van der Waals surface area contributed by atoms with E-state index in [-0.39, 0.29) is 17.5 Å². The highest BCUT2D eigenvalue weighted by atomic mass is 35.5. The Balaban J connectivity index is 1.53. The molecule has 0 saturated carbocycles. The van der Waals surface area contributed by atoms with Crippen LogP contribution in [0.5, 0.6) is 5.75 Å². The third-order valence-corrected chi connectivity index (χ3v) is 6.39. The number of unbranched alkanes of at least 4 members (excludes halogenated alkanes) is 1. The van der Waals surface area contributed by atoms with Gasteiger partial charge in [-0.1, -0.05) is 22.9 Å². The first-order chi connectivity index (χ1) is 17.3. The molecule has 0 aromatic carbocycles. The number of rotatable bonds is 10. The number of aromatic nitrogens is 4. The normalized spacial score (nSPS) is 10.9. The Kier molecular flexibility index (Phi) is 7.91. The summed E-state index contributed by atoms with van der Waals surface area (Å²) in [7, 11) is 1.52. The van der Waals surface area contributed by atoms with Crippen molar-refractivity contribution >= 4 is 56.0 Å². The summed E-state index contributed by atoms with van der Waals surface area (Å²) in [6, 6.07) is 5.29. The fourth-order valence-electron chi connectivity index (χ4n) is 3.52. The summed E-state index contributed by atoms with van der Waals surface area (Å²) in [5, 5.41) is 15.5. The van der Waals surface area contributed by atoms with Crippen molar-refractivity contribution in [2.45, 2.75) is 26.2 Å². The van der Waals surface area contributed by atoms with E-state index < -0.39 is 5.97 Å². The number of carbonyl (C=O) groups excluding carboxylic acids is 1. The first-order valence-electron chi connectivity index (χ1n) is 11.0. The molecule has 0 saturated heterocycles. The van der Waals surface area contributed by atoms with Crippen molar-refractivity contribution in [2.24, 2.45) is 0 Å². The number of carboxylic acid groups (broad SMARTS) is 1. The van der Waals surface area contributed by atoms with E-state index in [1.165, 1.54) is 30.8 Å². The zero-order valence-electron chi connectivity index (χ0n) is 19.5. The van der Waals surface area contributed by atoms with Gasteiger partial charge >= 0.3 is 5.97 Å². The summed E-state index contributed by atoms with van der Waals surface area (Å²) >= 11 is 7.44. The van der Waals surface area contributed by atoms with Gasteiger partial charge in [-0.15, -0.1) is 0 Å². The maximum atomic E-state index is 13.3. The lowest BCUT2D eigenvalue weighted by atomic mass is 10.0. The van der Waals surface area contributed by atoms with E-state index in [2.05, 4.69) is 30.6 Å². The minimum absolute atomic E-state index is 0.144. The molecule has 186 valence electrons. The number of pyridine rings is 3. The molecule has 0 fully saturated rings. The summed E-state index contributed by atoms with van der Waals surface area (Å²) in [6.45, 7) is 2.44. The molecular formula is C24H23ClN6O4S. The number of carbonyl (C=O) groups is 2. The molecule has 4 heterocycles. The third-order valence-electron chi connectivity index (χ3n) is 5.25. The van der Waals surface area contributed by atoms with Gasteiger partial charge in [0.05, 0.1) is 29.8 Å². The second kappa shape index (κ2) is 11.3. The number of thiazole rings is 1. The highest BCUT2D eigenvalue weighted by Crippen LogP contribution is 2.34. The Morgan fingerprint density at radius 1 is 1.08 bits per heavy atom. The molecule has 0 spiro atoms. The van der Waals surface area contributed by atoms with Crippen LogP contribution in [-0.2, 0) is 4.79 Å². The predicted molar refractivity (Wildman–Crippen MR) is 139 cm³/mol. The van der Waals surface area contributed by atoms with Gasteiger partial charge in [-0.05, 0) is 31.9 Å². The molecule has 4 aromatic heterocycles. The smallest absolute Gasteiger partial charge is 0.303 e. The highest BCUT2D eigenvalue weighted by molar-refractivity contribution is 7.22. The van der Waals surface area contributed by atoms with Gasteiger partial charge in [-0.3, -0.25) is 19.9 Å². The van der Waals surface area contributed by atoms with Crippen molar-refractivity contribution in [1.82, 2.24) is 19.9 Å². The Morgan fingerprint density at radius 3 is 2.69 bits per heavy atom. The number of methoxy groups -OCH3 is 1.